The first kappa shape index (κ1) is 25.7. The summed E-state index contributed by atoms with van der Waals surface area (Å²) in [5.41, 5.74) is 10.7. The molecule has 2 aromatic rings. The van der Waals surface area contributed by atoms with Crippen LogP contribution in [0.15, 0.2) is 12.1 Å². The number of ether oxygens (including phenoxy) is 1. The summed E-state index contributed by atoms with van der Waals surface area (Å²) >= 11 is 2.01. The van der Waals surface area contributed by atoms with Crippen LogP contribution in [0.3, 0.4) is 0 Å². The van der Waals surface area contributed by atoms with Crippen LogP contribution in [0.1, 0.15) is 21.0 Å². The molecule has 0 aliphatic heterocycles. The number of nitrogens with two attached hydrogens (primary N) is 2. The lowest BCUT2D eigenvalue weighted by atomic mass is 10.4. The fourth-order valence-electron chi connectivity index (χ4n) is 0.976. The number of hydrogen-bond acceptors (Lipinski definition) is 8. The smallest absolute Gasteiger partial charge is 0.356 e. The molecule has 0 saturated carbocycles. The van der Waals surface area contributed by atoms with Crippen LogP contribution in [0.25, 0.3) is 0 Å². The molecule has 12 N–H and O–H groups in total. The maximum Gasteiger partial charge on any atom is 0.356 e. The van der Waals surface area contributed by atoms with Gasteiger partial charge in [-0.05, 0) is 22.6 Å². The molecule has 2 rings (SSSR count). The lowest BCUT2D eigenvalue weighted by Crippen LogP contribution is -2.10. The molecule has 0 saturated heterocycles. The number of aliphatic hydroxyl groups excluding tert-OH is 1. The van der Waals surface area contributed by atoms with Crippen LogP contribution >= 0.6 is 22.6 Å². The Labute approximate surface area is 145 Å². The Bertz CT molecular complexity index is 586. The third kappa shape index (κ3) is 9.40. The first-order chi connectivity index (χ1) is 9.93. The SMILES string of the molecule is CO.COC(=O)c1cc(N)n[nH]1.N.NC(=O)c1cc(I)[nH]n1.O. The number of nitrogens with zero attached hydrogens (tertiary/aromatic N) is 2. The number of carbonyl (C=O) groups excluding carboxylic acids is 2. The summed E-state index contributed by atoms with van der Waals surface area (Å²) in [6.45, 7) is 0. The molecule has 0 fully saturated rings. The molecule has 0 atom stereocenters. The van der Waals surface area contributed by atoms with E-state index in [1.165, 1.54) is 13.2 Å². The maximum absolute atomic E-state index is 10.7. The van der Waals surface area contributed by atoms with Crippen molar-refractivity contribution in [2.75, 3.05) is 20.0 Å². The second-order valence-electron chi connectivity index (χ2n) is 3.16. The number of esters is 1. The number of hydrogen-bond donors (Lipinski definition) is 6. The molecule has 0 aromatic carbocycles. The van der Waals surface area contributed by atoms with E-state index in [0.29, 0.717) is 0 Å². The van der Waals surface area contributed by atoms with Crippen LogP contribution in [0, 0.1) is 3.70 Å². The monoisotopic (exact) mass is 445 g/mol. The van der Waals surface area contributed by atoms with E-state index in [1.807, 2.05) is 22.6 Å². The highest BCUT2D eigenvalue weighted by molar-refractivity contribution is 14.1. The highest BCUT2D eigenvalue weighted by Crippen LogP contribution is 2.01. The molecule has 23 heavy (non-hydrogen) atoms. The van der Waals surface area contributed by atoms with Gasteiger partial charge in [0.15, 0.2) is 5.69 Å². The predicted octanol–water partition coefficient (Wildman–Crippen LogP) is -1.16. The van der Waals surface area contributed by atoms with Gasteiger partial charge >= 0.3 is 5.97 Å². The minimum Gasteiger partial charge on any atom is -0.464 e. The molecule has 0 bridgehead atoms. The molecule has 2 aromatic heterocycles. The standard InChI is InChI=1S/C5H7N3O2.C4H4IN3O.CH4O.H3N.H2O/c1-10-5(9)3-2-4(6)8-7-3;5-3-1-2(4(6)9)7-8-3;1-2;;/h2H,1H3,(H3,6,7,8);1H,(H2,6,9)(H,7,8);2H,1H3;1H3;1H2. The van der Waals surface area contributed by atoms with Crippen molar-refractivity contribution in [2.24, 2.45) is 5.73 Å². The summed E-state index contributed by atoms with van der Waals surface area (Å²) in [5, 5.41) is 19.1. The highest BCUT2D eigenvalue weighted by atomic mass is 127. The average molecular weight is 445 g/mol. The molecule has 0 radical (unpaired) electrons. The van der Waals surface area contributed by atoms with Gasteiger partial charge in [0.25, 0.3) is 5.91 Å². The second kappa shape index (κ2) is 13.4. The molecular formula is C10H20IN7O5. The number of nitrogen functional groups attached to an aromatic ring is 1. The van der Waals surface area contributed by atoms with Gasteiger partial charge in [-0.25, -0.2) is 4.79 Å². The first-order valence-corrected chi connectivity index (χ1v) is 6.36. The number of amides is 1. The van der Waals surface area contributed by atoms with Crippen LogP contribution in [-0.2, 0) is 4.74 Å². The van der Waals surface area contributed by atoms with Gasteiger partial charge in [0.1, 0.15) is 11.5 Å². The Morgan fingerprint density at radius 1 is 1.26 bits per heavy atom. The van der Waals surface area contributed by atoms with Gasteiger partial charge in [-0.3, -0.25) is 15.0 Å². The minimum absolute atomic E-state index is 0. The van der Waals surface area contributed by atoms with E-state index in [2.05, 4.69) is 25.1 Å². The largest absolute Gasteiger partial charge is 0.464 e. The molecule has 0 unspecified atom stereocenters. The first-order valence-electron chi connectivity index (χ1n) is 5.28. The number of aliphatic hydroxyl groups is 1. The number of primary amides is 1. The van der Waals surface area contributed by atoms with Gasteiger partial charge in [-0.2, -0.15) is 10.2 Å². The third-order valence-electron chi connectivity index (χ3n) is 1.80. The Hall–Kier alpha value is -2.23. The van der Waals surface area contributed by atoms with Crippen LogP contribution in [-0.4, -0.2) is 57.1 Å². The van der Waals surface area contributed by atoms with Crippen LogP contribution in [0.4, 0.5) is 5.82 Å². The fraction of sp³-hybridized carbons (Fsp3) is 0.200. The zero-order chi connectivity index (χ0) is 16.4. The third-order valence-corrected chi connectivity index (χ3v) is 2.35. The fourth-order valence-corrected chi connectivity index (χ4v) is 1.39. The topological polar surface area (TPSA) is 240 Å². The molecule has 12 nitrogen and oxygen atoms in total. The van der Waals surface area contributed by atoms with E-state index in [9.17, 15) is 9.59 Å². The van der Waals surface area contributed by atoms with E-state index in [4.69, 9.17) is 16.6 Å². The zero-order valence-electron chi connectivity index (χ0n) is 12.5. The molecule has 2 heterocycles. The number of nitrogens with one attached hydrogen (secondary N) is 2. The normalized spacial score (nSPS) is 8.00. The summed E-state index contributed by atoms with van der Waals surface area (Å²) in [6, 6.07) is 2.99. The zero-order valence-corrected chi connectivity index (χ0v) is 14.6. The highest BCUT2D eigenvalue weighted by Gasteiger charge is 2.06. The summed E-state index contributed by atoms with van der Waals surface area (Å²) in [5.74, 6) is -0.696. The summed E-state index contributed by atoms with van der Waals surface area (Å²) < 4.78 is 5.19. The van der Waals surface area contributed by atoms with E-state index >= 15 is 0 Å². The maximum atomic E-state index is 10.7. The number of carbonyl (C=O) groups is 2. The molecule has 0 aliphatic carbocycles. The van der Waals surface area contributed by atoms with Gasteiger partial charge in [0, 0.05) is 19.2 Å². The molecular weight excluding hydrogens is 425 g/mol. The summed E-state index contributed by atoms with van der Waals surface area (Å²) in [4.78, 5) is 21.0. The summed E-state index contributed by atoms with van der Waals surface area (Å²) in [6.07, 6.45) is 0. The average Bonchev–Trinajstić information content (AvgIpc) is 3.10. The van der Waals surface area contributed by atoms with Crippen molar-refractivity contribution in [3.05, 3.63) is 27.2 Å². The predicted molar refractivity (Wildman–Crippen MR) is 90.9 cm³/mol. The molecule has 0 spiro atoms. The van der Waals surface area contributed by atoms with Crippen molar-refractivity contribution >= 4 is 40.3 Å². The number of H-pyrrole nitrogens is 2. The van der Waals surface area contributed by atoms with Gasteiger partial charge in [-0.15, -0.1) is 0 Å². The number of halogens is 1. The van der Waals surface area contributed by atoms with E-state index in [-0.39, 0.29) is 28.8 Å². The number of anilines is 1. The molecule has 13 heteroatoms. The Kier molecular flexibility index (Phi) is 15.0. The van der Waals surface area contributed by atoms with Crippen LogP contribution in [0.5, 0.6) is 0 Å². The number of methoxy groups -OCH3 is 1. The summed E-state index contributed by atoms with van der Waals surface area (Å²) in [7, 11) is 2.29. The van der Waals surface area contributed by atoms with Crippen LogP contribution in [0.2, 0.25) is 0 Å². The second-order valence-corrected chi connectivity index (χ2v) is 4.33. The van der Waals surface area contributed by atoms with E-state index < -0.39 is 11.9 Å². The van der Waals surface area contributed by atoms with Gasteiger partial charge < -0.3 is 32.9 Å². The van der Waals surface area contributed by atoms with E-state index in [1.54, 1.807) is 6.07 Å². The number of aromatic amines is 2. The quantitative estimate of drug-likeness (QED) is 0.243. The Morgan fingerprint density at radius 3 is 2.09 bits per heavy atom. The van der Waals surface area contributed by atoms with Crippen molar-refractivity contribution in [1.29, 1.82) is 0 Å². The van der Waals surface area contributed by atoms with E-state index in [0.717, 1.165) is 10.8 Å². The Balaban J connectivity index is -0.000000292. The lowest BCUT2D eigenvalue weighted by Gasteiger charge is -1.90. The molecule has 132 valence electrons. The minimum atomic E-state index is -0.505. The molecule has 0 aliphatic rings. The van der Waals surface area contributed by atoms with Gasteiger partial charge in [0.2, 0.25) is 0 Å². The lowest BCUT2D eigenvalue weighted by molar-refractivity contribution is 0.0594. The number of aromatic nitrogens is 4. The Morgan fingerprint density at radius 2 is 1.83 bits per heavy atom. The molecule has 1 amide bonds. The van der Waals surface area contributed by atoms with Crippen molar-refractivity contribution in [2.45, 2.75) is 0 Å². The van der Waals surface area contributed by atoms with Gasteiger partial charge in [0.05, 0.1) is 10.8 Å². The van der Waals surface area contributed by atoms with Crippen molar-refractivity contribution in [3.63, 3.8) is 0 Å². The number of rotatable bonds is 2. The van der Waals surface area contributed by atoms with Crippen molar-refractivity contribution < 1.29 is 24.9 Å². The van der Waals surface area contributed by atoms with Crippen molar-refractivity contribution in [3.8, 4) is 0 Å². The van der Waals surface area contributed by atoms with Crippen LogP contribution < -0.4 is 17.6 Å². The van der Waals surface area contributed by atoms with Gasteiger partial charge in [-0.1, -0.05) is 0 Å². The van der Waals surface area contributed by atoms with Crippen molar-refractivity contribution in [1.82, 2.24) is 26.5 Å².